The third-order valence-electron chi connectivity index (χ3n) is 2.32. The average Bonchev–Trinajstić information content (AvgIpc) is 2.40. The molecule has 0 N–H and O–H groups in total. The van der Waals surface area contributed by atoms with Gasteiger partial charge in [0, 0.05) is 18.2 Å². The van der Waals surface area contributed by atoms with E-state index in [1.165, 1.54) is 18.0 Å². The molecular formula is C9H10INO2S2. The Kier molecular flexibility index (Phi) is 2.71. The first-order chi connectivity index (χ1) is 6.86. The molecule has 82 valence electrons. The molecule has 0 radical (unpaired) electrons. The van der Waals surface area contributed by atoms with Gasteiger partial charge in [0.2, 0.25) is 2.21 Å². The van der Waals surface area contributed by atoms with E-state index in [4.69, 9.17) is 0 Å². The van der Waals surface area contributed by atoms with Crippen LogP contribution in [0, 0.1) is 0 Å². The summed E-state index contributed by atoms with van der Waals surface area (Å²) in [5.74, 6) is 0. The number of para-hydroxylation sites is 1. The first-order valence-corrected chi connectivity index (χ1v) is 8.05. The molecule has 1 aromatic rings. The maximum atomic E-state index is 11.8. The van der Waals surface area contributed by atoms with Crippen LogP contribution in [0.15, 0.2) is 29.2 Å². The number of sulfone groups is 1. The summed E-state index contributed by atoms with van der Waals surface area (Å²) in [6, 6.07) is 7.72. The number of anilines is 1. The molecule has 2 rings (SSSR count). The summed E-state index contributed by atoms with van der Waals surface area (Å²) in [5, 5.41) is 0. The van der Waals surface area contributed by atoms with E-state index >= 15 is 0 Å². The number of fused-ring (bicyclic) bond motifs is 1. The lowest BCUT2D eigenvalue weighted by Gasteiger charge is -2.28. The van der Waals surface area contributed by atoms with Crippen molar-refractivity contribution in [1.82, 2.24) is 0 Å². The number of benzene rings is 1. The van der Waals surface area contributed by atoms with Gasteiger partial charge in [-0.3, -0.25) is 0 Å². The number of rotatable bonds is 1. The van der Waals surface area contributed by atoms with Crippen molar-refractivity contribution in [3.63, 3.8) is 0 Å². The average molecular weight is 355 g/mol. The van der Waals surface area contributed by atoms with Crippen molar-refractivity contribution in [3.05, 3.63) is 24.3 Å². The summed E-state index contributed by atoms with van der Waals surface area (Å²) >= 11 is 3.37. The molecule has 1 unspecified atom stereocenters. The fourth-order valence-electron chi connectivity index (χ4n) is 1.49. The quantitative estimate of drug-likeness (QED) is 0.440. The van der Waals surface area contributed by atoms with Gasteiger partial charge in [-0.1, -0.05) is 23.9 Å². The van der Waals surface area contributed by atoms with Crippen LogP contribution < -0.4 is 4.90 Å². The molecule has 0 spiro atoms. The maximum absolute atomic E-state index is 11.8. The SMILES string of the molecule is CN1c2ccccc2SC1(I)S(C)(=O)=O. The zero-order valence-corrected chi connectivity index (χ0v) is 12.1. The highest BCUT2D eigenvalue weighted by molar-refractivity contribution is 14.1. The van der Waals surface area contributed by atoms with Crippen molar-refractivity contribution in [2.75, 3.05) is 18.2 Å². The van der Waals surface area contributed by atoms with E-state index in [1.54, 1.807) is 0 Å². The number of hydrogen-bond donors (Lipinski definition) is 0. The number of thioether (sulfide) groups is 1. The van der Waals surface area contributed by atoms with Crippen LogP contribution in [-0.2, 0) is 9.84 Å². The van der Waals surface area contributed by atoms with Crippen LogP contribution >= 0.6 is 34.4 Å². The molecule has 0 aromatic heterocycles. The predicted molar refractivity (Wildman–Crippen MR) is 72.3 cm³/mol. The first-order valence-electron chi connectivity index (χ1n) is 4.26. The minimum absolute atomic E-state index is 0.908. The molecule has 6 heteroatoms. The normalized spacial score (nSPS) is 25.4. The van der Waals surface area contributed by atoms with Crippen molar-refractivity contribution in [3.8, 4) is 0 Å². The molecule has 1 atom stereocenters. The van der Waals surface area contributed by atoms with Crippen molar-refractivity contribution >= 4 is 49.9 Å². The maximum Gasteiger partial charge on any atom is 0.244 e. The molecule has 0 saturated carbocycles. The lowest BCUT2D eigenvalue weighted by molar-refractivity contribution is 0.597. The highest BCUT2D eigenvalue weighted by atomic mass is 127. The number of halogens is 1. The Hall–Kier alpha value is 0.0500. The molecule has 0 saturated heterocycles. The van der Waals surface area contributed by atoms with Gasteiger partial charge in [-0.25, -0.2) is 8.42 Å². The number of alkyl halides is 1. The summed E-state index contributed by atoms with van der Waals surface area (Å²) in [6.45, 7) is 0. The predicted octanol–water partition coefficient (Wildman–Crippen LogP) is 2.32. The largest absolute Gasteiger partial charge is 0.338 e. The van der Waals surface area contributed by atoms with Crippen LogP contribution in [-0.4, -0.2) is 23.9 Å². The second kappa shape index (κ2) is 3.53. The molecule has 0 amide bonds. The summed E-state index contributed by atoms with van der Waals surface area (Å²) in [5.41, 5.74) is 0.974. The summed E-state index contributed by atoms with van der Waals surface area (Å²) < 4.78 is 22.6. The zero-order chi connectivity index (χ0) is 11.3. The molecule has 1 aromatic carbocycles. The van der Waals surface area contributed by atoms with Crippen LogP contribution in [0.5, 0.6) is 0 Å². The third kappa shape index (κ3) is 1.66. The van der Waals surface area contributed by atoms with Crippen molar-refractivity contribution in [1.29, 1.82) is 0 Å². The molecule has 1 aliphatic rings. The Balaban J connectivity index is 2.56. The van der Waals surface area contributed by atoms with E-state index < -0.39 is 12.0 Å². The van der Waals surface area contributed by atoms with Gasteiger partial charge in [-0.2, -0.15) is 0 Å². The van der Waals surface area contributed by atoms with E-state index in [2.05, 4.69) is 0 Å². The molecular weight excluding hydrogens is 345 g/mol. The van der Waals surface area contributed by atoms with E-state index in [9.17, 15) is 8.42 Å². The molecule has 0 aliphatic carbocycles. The molecule has 0 bridgehead atoms. The highest BCUT2D eigenvalue weighted by Gasteiger charge is 2.48. The van der Waals surface area contributed by atoms with E-state index in [0.29, 0.717) is 0 Å². The molecule has 1 aliphatic heterocycles. The smallest absolute Gasteiger partial charge is 0.244 e. The summed E-state index contributed by atoms with van der Waals surface area (Å²) in [4.78, 5) is 2.82. The molecule has 0 fully saturated rings. The van der Waals surface area contributed by atoms with Crippen LogP contribution in [0.25, 0.3) is 0 Å². The van der Waals surface area contributed by atoms with Gasteiger partial charge >= 0.3 is 0 Å². The van der Waals surface area contributed by atoms with Crippen LogP contribution in [0.1, 0.15) is 0 Å². The molecule has 3 nitrogen and oxygen atoms in total. The van der Waals surface area contributed by atoms with E-state index in [1.807, 2.05) is 58.8 Å². The second-order valence-corrected chi connectivity index (χ2v) is 10.1. The number of hydrogen-bond acceptors (Lipinski definition) is 4. The van der Waals surface area contributed by atoms with Crippen molar-refractivity contribution in [2.45, 2.75) is 7.11 Å². The number of nitrogens with zero attached hydrogens (tertiary/aromatic N) is 1. The minimum Gasteiger partial charge on any atom is -0.338 e. The van der Waals surface area contributed by atoms with Crippen LogP contribution in [0.4, 0.5) is 5.69 Å². The Labute approximate surface area is 107 Å². The van der Waals surface area contributed by atoms with E-state index in [0.717, 1.165) is 10.6 Å². The van der Waals surface area contributed by atoms with Gasteiger partial charge in [0.1, 0.15) is 0 Å². The van der Waals surface area contributed by atoms with Crippen LogP contribution in [0.3, 0.4) is 0 Å². The molecule has 15 heavy (non-hydrogen) atoms. The Bertz CT molecular complexity index is 503. The van der Waals surface area contributed by atoms with E-state index in [-0.39, 0.29) is 0 Å². The standard InChI is InChI=1S/C9H10INO2S2/c1-11-7-5-3-4-6-8(7)14-9(11,10)15(2,12)13/h3-6H,1-2H3. The first kappa shape index (κ1) is 11.5. The Morgan fingerprint density at radius 1 is 1.40 bits per heavy atom. The minimum atomic E-state index is -3.14. The van der Waals surface area contributed by atoms with Gasteiger partial charge in [0.15, 0.2) is 9.84 Å². The second-order valence-electron chi connectivity index (χ2n) is 3.41. The highest BCUT2D eigenvalue weighted by Crippen LogP contribution is 2.55. The zero-order valence-electron chi connectivity index (χ0n) is 8.27. The summed E-state index contributed by atoms with van der Waals surface area (Å²) in [6.07, 6.45) is 1.27. The lowest BCUT2D eigenvalue weighted by atomic mass is 10.3. The molecule has 1 heterocycles. The summed E-state index contributed by atoms with van der Waals surface area (Å²) in [7, 11) is -1.33. The monoisotopic (exact) mass is 355 g/mol. The Morgan fingerprint density at radius 2 is 2.00 bits per heavy atom. The topological polar surface area (TPSA) is 37.4 Å². The lowest BCUT2D eigenvalue weighted by Crippen LogP contribution is -2.41. The van der Waals surface area contributed by atoms with Crippen LogP contribution in [0.2, 0.25) is 0 Å². The fraction of sp³-hybridized carbons (Fsp3) is 0.333. The third-order valence-corrected chi connectivity index (χ3v) is 9.54. The van der Waals surface area contributed by atoms with Gasteiger partial charge in [-0.05, 0) is 34.7 Å². The van der Waals surface area contributed by atoms with Gasteiger partial charge in [0.05, 0.1) is 5.69 Å². The van der Waals surface area contributed by atoms with Gasteiger partial charge in [-0.15, -0.1) is 0 Å². The van der Waals surface area contributed by atoms with Gasteiger partial charge in [0.25, 0.3) is 0 Å². The van der Waals surface area contributed by atoms with Crippen molar-refractivity contribution < 1.29 is 8.42 Å². The fourth-order valence-corrected chi connectivity index (χ4v) is 4.90. The van der Waals surface area contributed by atoms with Crippen molar-refractivity contribution in [2.24, 2.45) is 0 Å². The van der Waals surface area contributed by atoms with Gasteiger partial charge < -0.3 is 4.90 Å². The Morgan fingerprint density at radius 3 is 2.53 bits per heavy atom.